The van der Waals surface area contributed by atoms with E-state index in [1.807, 2.05) is 0 Å². The summed E-state index contributed by atoms with van der Waals surface area (Å²) < 4.78 is 38.6. The van der Waals surface area contributed by atoms with Gasteiger partial charge in [0.25, 0.3) is 0 Å². The molecule has 0 bridgehead atoms. The smallest absolute Gasteiger partial charge is 0.274 e. The summed E-state index contributed by atoms with van der Waals surface area (Å²) in [6, 6.07) is 4.49. The van der Waals surface area contributed by atoms with Crippen molar-refractivity contribution in [3.05, 3.63) is 29.8 Å². The molecule has 1 aromatic rings. The number of carbonyl (C=O) groups excluding carboxylic acids is 2. The normalized spacial score (nSPS) is 20.2. The van der Waals surface area contributed by atoms with Crippen molar-refractivity contribution in [2.45, 2.75) is 12.6 Å². The largest absolute Gasteiger partial charge is 0.418 e. The molecular formula is C12H9ClF3NO2. The molecule has 1 fully saturated rings. The zero-order valence-corrected chi connectivity index (χ0v) is 10.3. The Kier molecular flexibility index (Phi) is 3.54. The topological polar surface area (TPSA) is 37.4 Å². The van der Waals surface area contributed by atoms with Crippen molar-refractivity contribution in [3.63, 3.8) is 0 Å². The van der Waals surface area contributed by atoms with E-state index in [9.17, 15) is 22.8 Å². The van der Waals surface area contributed by atoms with Gasteiger partial charge in [-0.15, -0.1) is 11.6 Å². The molecule has 2 amide bonds. The third-order valence-electron chi connectivity index (χ3n) is 2.88. The Labute approximate surface area is 111 Å². The Balaban J connectivity index is 2.49. The molecule has 0 aliphatic carbocycles. The highest BCUT2D eigenvalue weighted by molar-refractivity contribution is 6.26. The first kappa shape index (κ1) is 13.9. The Morgan fingerprint density at radius 3 is 2.42 bits per heavy atom. The molecule has 0 spiro atoms. The van der Waals surface area contributed by atoms with E-state index < -0.39 is 35.2 Å². The van der Waals surface area contributed by atoms with Crippen molar-refractivity contribution < 1.29 is 22.8 Å². The van der Waals surface area contributed by atoms with E-state index in [2.05, 4.69) is 0 Å². The average molecular weight is 292 g/mol. The van der Waals surface area contributed by atoms with Crippen LogP contribution in [0.5, 0.6) is 0 Å². The SMILES string of the molecule is O=C1CC(CCl)C(=O)N1c1ccccc1C(F)(F)F. The minimum atomic E-state index is -4.63. The zero-order chi connectivity index (χ0) is 14.2. The molecule has 3 nitrogen and oxygen atoms in total. The second-order valence-electron chi connectivity index (χ2n) is 4.14. The first-order valence-corrected chi connectivity index (χ1v) is 5.98. The molecule has 7 heteroatoms. The first-order valence-electron chi connectivity index (χ1n) is 5.45. The van der Waals surface area contributed by atoms with Crippen LogP contribution in [0.15, 0.2) is 24.3 Å². The summed E-state index contributed by atoms with van der Waals surface area (Å²) in [7, 11) is 0. The number of carbonyl (C=O) groups is 2. The molecule has 1 aromatic carbocycles. The fourth-order valence-electron chi connectivity index (χ4n) is 1.98. The number of alkyl halides is 4. The maximum Gasteiger partial charge on any atom is 0.418 e. The number of halogens is 4. The zero-order valence-electron chi connectivity index (χ0n) is 9.58. The molecule has 2 rings (SSSR count). The number of benzene rings is 1. The number of rotatable bonds is 2. The Morgan fingerprint density at radius 1 is 1.26 bits per heavy atom. The fraction of sp³-hybridized carbons (Fsp3) is 0.333. The number of anilines is 1. The second kappa shape index (κ2) is 4.85. The van der Waals surface area contributed by atoms with Gasteiger partial charge in [0, 0.05) is 12.3 Å². The molecule has 1 atom stereocenters. The van der Waals surface area contributed by atoms with E-state index >= 15 is 0 Å². The lowest BCUT2D eigenvalue weighted by molar-refractivity contribution is -0.137. The molecule has 1 aliphatic heterocycles. The van der Waals surface area contributed by atoms with Gasteiger partial charge >= 0.3 is 6.18 Å². The van der Waals surface area contributed by atoms with E-state index in [4.69, 9.17) is 11.6 Å². The van der Waals surface area contributed by atoms with Crippen molar-refractivity contribution in [2.75, 3.05) is 10.8 Å². The molecule has 0 N–H and O–H groups in total. The van der Waals surface area contributed by atoms with Crippen LogP contribution in [0.2, 0.25) is 0 Å². The third-order valence-corrected chi connectivity index (χ3v) is 3.25. The number of hydrogen-bond acceptors (Lipinski definition) is 2. The van der Waals surface area contributed by atoms with Crippen molar-refractivity contribution in [3.8, 4) is 0 Å². The average Bonchev–Trinajstić information content (AvgIpc) is 2.63. The van der Waals surface area contributed by atoms with Crippen LogP contribution < -0.4 is 4.90 Å². The van der Waals surface area contributed by atoms with Crippen LogP contribution in [-0.2, 0) is 15.8 Å². The molecule has 0 radical (unpaired) electrons. The minimum absolute atomic E-state index is 0.0880. The van der Waals surface area contributed by atoms with E-state index in [-0.39, 0.29) is 12.3 Å². The lowest BCUT2D eigenvalue weighted by atomic mass is 10.1. The molecule has 102 valence electrons. The highest BCUT2D eigenvalue weighted by Crippen LogP contribution is 2.38. The standard InChI is InChI=1S/C12H9ClF3NO2/c13-6-7-5-10(18)17(11(7)19)9-4-2-1-3-8(9)12(14,15)16/h1-4,7H,5-6H2. The lowest BCUT2D eigenvalue weighted by Gasteiger charge is -2.19. The number of para-hydroxylation sites is 1. The van der Waals surface area contributed by atoms with Crippen LogP contribution in [0.25, 0.3) is 0 Å². The third kappa shape index (κ3) is 2.45. The van der Waals surface area contributed by atoms with Crippen molar-refractivity contribution in [1.82, 2.24) is 0 Å². The van der Waals surface area contributed by atoms with Crippen LogP contribution in [-0.4, -0.2) is 17.7 Å². The van der Waals surface area contributed by atoms with E-state index in [1.54, 1.807) is 0 Å². The number of amides is 2. The first-order chi connectivity index (χ1) is 8.86. The molecular weight excluding hydrogens is 283 g/mol. The van der Waals surface area contributed by atoms with Gasteiger partial charge in [-0.25, -0.2) is 4.90 Å². The van der Waals surface area contributed by atoms with Crippen LogP contribution in [0.1, 0.15) is 12.0 Å². The minimum Gasteiger partial charge on any atom is -0.274 e. The number of hydrogen-bond donors (Lipinski definition) is 0. The van der Waals surface area contributed by atoms with Crippen LogP contribution in [0.3, 0.4) is 0 Å². The molecule has 1 saturated heterocycles. The molecule has 1 aliphatic rings. The van der Waals surface area contributed by atoms with Crippen LogP contribution >= 0.6 is 11.6 Å². The molecule has 1 unspecified atom stereocenters. The Morgan fingerprint density at radius 2 is 1.89 bits per heavy atom. The van der Waals surface area contributed by atoms with E-state index in [0.717, 1.165) is 12.1 Å². The van der Waals surface area contributed by atoms with Gasteiger partial charge in [-0.1, -0.05) is 12.1 Å². The molecule has 0 aromatic heterocycles. The van der Waals surface area contributed by atoms with Gasteiger partial charge in [-0.05, 0) is 12.1 Å². The van der Waals surface area contributed by atoms with Gasteiger partial charge < -0.3 is 0 Å². The van der Waals surface area contributed by atoms with E-state index in [0.29, 0.717) is 4.90 Å². The summed E-state index contributed by atoms with van der Waals surface area (Å²) >= 11 is 5.53. The van der Waals surface area contributed by atoms with Crippen molar-refractivity contribution in [1.29, 1.82) is 0 Å². The van der Waals surface area contributed by atoms with Gasteiger partial charge in [0.2, 0.25) is 11.8 Å². The maximum atomic E-state index is 12.9. The second-order valence-corrected chi connectivity index (χ2v) is 4.45. The van der Waals surface area contributed by atoms with Gasteiger partial charge in [0.05, 0.1) is 17.2 Å². The molecule has 19 heavy (non-hydrogen) atoms. The number of imide groups is 1. The predicted octanol–water partition coefficient (Wildman–Crippen LogP) is 2.82. The Hall–Kier alpha value is -1.56. The molecule has 1 heterocycles. The highest BCUT2D eigenvalue weighted by atomic mass is 35.5. The lowest BCUT2D eigenvalue weighted by Crippen LogP contribution is -2.32. The highest BCUT2D eigenvalue weighted by Gasteiger charge is 2.43. The summed E-state index contributed by atoms with van der Waals surface area (Å²) in [6.07, 6.45) is -4.79. The van der Waals surface area contributed by atoms with Gasteiger partial charge in [-0.3, -0.25) is 9.59 Å². The summed E-state index contributed by atoms with van der Waals surface area (Å²) in [5, 5.41) is 0. The Bertz CT molecular complexity index is 530. The summed E-state index contributed by atoms with van der Waals surface area (Å²) in [4.78, 5) is 24.2. The van der Waals surface area contributed by atoms with E-state index in [1.165, 1.54) is 12.1 Å². The van der Waals surface area contributed by atoms with Crippen LogP contribution in [0.4, 0.5) is 18.9 Å². The van der Waals surface area contributed by atoms with Crippen LogP contribution in [0, 0.1) is 5.92 Å². The summed E-state index contributed by atoms with van der Waals surface area (Å²) in [6.45, 7) is 0. The van der Waals surface area contributed by atoms with Gasteiger partial charge in [0.1, 0.15) is 0 Å². The predicted molar refractivity (Wildman–Crippen MR) is 62.8 cm³/mol. The van der Waals surface area contributed by atoms with Crippen molar-refractivity contribution in [2.24, 2.45) is 5.92 Å². The number of nitrogens with zero attached hydrogens (tertiary/aromatic N) is 1. The summed E-state index contributed by atoms with van der Waals surface area (Å²) in [5.74, 6) is -2.19. The quantitative estimate of drug-likeness (QED) is 0.621. The maximum absolute atomic E-state index is 12.9. The van der Waals surface area contributed by atoms with Gasteiger partial charge in [-0.2, -0.15) is 13.2 Å². The fourth-order valence-corrected chi connectivity index (χ4v) is 2.22. The molecule has 0 saturated carbocycles. The monoisotopic (exact) mass is 291 g/mol. The summed E-state index contributed by atoms with van der Waals surface area (Å²) in [5.41, 5.74) is -1.44. The van der Waals surface area contributed by atoms with Gasteiger partial charge in [0.15, 0.2) is 0 Å². The van der Waals surface area contributed by atoms with Crippen molar-refractivity contribution >= 4 is 29.1 Å².